The van der Waals surface area contributed by atoms with Crippen LogP contribution in [0.15, 0.2) is 65.8 Å². The van der Waals surface area contributed by atoms with Gasteiger partial charge in [-0.15, -0.1) is 0 Å². The number of aromatic nitrogens is 5. The molecule has 0 atom stereocenters. The van der Waals surface area contributed by atoms with Gasteiger partial charge in [-0.25, -0.2) is 14.5 Å². The van der Waals surface area contributed by atoms with Crippen LogP contribution in [0.3, 0.4) is 0 Å². The van der Waals surface area contributed by atoms with Gasteiger partial charge >= 0.3 is 0 Å². The third-order valence-corrected chi connectivity index (χ3v) is 6.27. The second-order valence-electron chi connectivity index (χ2n) is 7.94. The predicted molar refractivity (Wildman–Crippen MR) is 125 cm³/mol. The highest BCUT2D eigenvalue weighted by molar-refractivity contribution is 6.32. The van der Waals surface area contributed by atoms with E-state index in [9.17, 15) is 4.79 Å². The van der Waals surface area contributed by atoms with Crippen LogP contribution in [0.1, 0.15) is 24.0 Å². The number of aryl methyl sites for hydroxylation is 2. The van der Waals surface area contributed by atoms with Gasteiger partial charge in [0.1, 0.15) is 5.39 Å². The van der Waals surface area contributed by atoms with E-state index in [2.05, 4.69) is 38.5 Å². The van der Waals surface area contributed by atoms with Crippen LogP contribution in [0.4, 0.5) is 11.6 Å². The van der Waals surface area contributed by atoms with Crippen molar-refractivity contribution in [3.63, 3.8) is 0 Å². The van der Waals surface area contributed by atoms with Crippen molar-refractivity contribution in [2.75, 3.05) is 5.32 Å². The molecular weight excluding hydrogens is 424 g/mol. The third-order valence-electron chi connectivity index (χ3n) is 5.95. The van der Waals surface area contributed by atoms with Gasteiger partial charge in [0.2, 0.25) is 11.7 Å². The van der Waals surface area contributed by atoms with E-state index in [1.54, 1.807) is 35.1 Å². The van der Waals surface area contributed by atoms with Gasteiger partial charge in [-0.1, -0.05) is 29.8 Å². The molecule has 0 saturated heterocycles. The molecule has 3 aromatic heterocycles. The minimum atomic E-state index is -0.271. The first-order chi connectivity index (χ1) is 15.7. The average Bonchev–Trinajstić information content (AvgIpc) is 3.30. The van der Waals surface area contributed by atoms with Gasteiger partial charge in [0.15, 0.2) is 5.65 Å². The Hall–Kier alpha value is -3.71. The average molecular weight is 443 g/mol. The summed E-state index contributed by atoms with van der Waals surface area (Å²) in [7, 11) is 0. The van der Waals surface area contributed by atoms with Crippen molar-refractivity contribution in [2.24, 2.45) is 0 Å². The molecule has 32 heavy (non-hydrogen) atoms. The summed E-state index contributed by atoms with van der Waals surface area (Å²) in [5, 5.41) is 4.14. The van der Waals surface area contributed by atoms with Crippen LogP contribution in [-0.2, 0) is 12.8 Å². The maximum Gasteiger partial charge on any atom is 0.270 e. The zero-order valence-corrected chi connectivity index (χ0v) is 17.9. The highest BCUT2D eigenvalue weighted by atomic mass is 35.5. The lowest BCUT2D eigenvalue weighted by Crippen LogP contribution is -2.22. The Balaban J connectivity index is 1.48. The Morgan fingerprint density at radius 2 is 1.84 bits per heavy atom. The van der Waals surface area contributed by atoms with Crippen molar-refractivity contribution in [3.8, 4) is 5.69 Å². The van der Waals surface area contributed by atoms with E-state index in [-0.39, 0.29) is 5.56 Å². The number of halogens is 1. The quantitative estimate of drug-likeness (QED) is 0.438. The fourth-order valence-corrected chi connectivity index (χ4v) is 4.62. The largest absolute Gasteiger partial charge is 0.324 e. The first-order valence-electron chi connectivity index (χ1n) is 10.6. The predicted octanol–water partition coefficient (Wildman–Crippen LogP) is 4.70. The Labute approximate surface area is 188 Å². The van der Waals surface area contributed by atoms with E-state index >= 15 is 0 Å². The molecule has 1 N–H and O–H groups in total. The molecule has 0 saturated carbocycles. The monoisotopic (exact) mass is 442 g/mol. The zero-order chi connectivity index (χ0) is 21.7. The first-order valence-corrected chi connectivity index (χ1v) is 11.0. The molecule has 2 aromatic carbocycles. The van der Waals surface area contributed by atoms with Crippen molar-refractivity contribution in [1.82, 2.24) is 23.9 Å². The standard InChI is InChI=1S/C24H19ClN6O/c25-19-7-3-4-8-20(19)31-22(32)18-14-27-23(29-21(18)30-12-11-26-24(30)31)28-17-10-9-15-5-1-2-6-16(15)13-17/h3-4,7-14H,1-2,5-6H2,(H,27,28,29). The fraction of sp³-hybridized carbons (Fsp3) is 0.167. The lowest BCUT2D eigenvalue weighted by Gasteiger charge is -2.17. The topological polar surface area (TPSA) is 77.1 Å². The number of benzene rings is 2. The molecular formula is C24H19ClN6O. The minimum absolute atomic E-state index is 0.271. The number of hydrogen-bond donors (Lipinski definition) is 1. The molecule has 0 radical (unpaired) electrons. The summed E-state index contributed by atoms with van der Waals surface area (Å²) < 4.78 is 3.27. The van der Waals surface area contributed by atoms with E-state index < -0.39 is 0 Å². The maximum atomic E-state index is 13.4. The van der Waals surface area contributed by atoms with Gasteiger partial charge in [-0.05, 0) is 61.1 Å². The second kappa shape index (κ2) is 7.46. The number of hydrogen-bond acceptors (Lipinski definition) is 5. The highest BCUT2D eigenvalue weighted by Gasteiger charge is 2.17. The fourth-order valence-electron chi connectivity index (χ4n) is 4.40. The van der Waals surface area contributed by atoms with Crippen molar-refractivity contribution in [3.05, 3.63) is 87.6 Å². The molecule has 0 unspecified atom stereocenters. The number of anilines is 2. The summed E-state index contributed by atoms with van der Waals surface area (Å²) in [6.45, 7) is 0. The second-order valence-corrected chi connectivity index (χ2v) is 8.34. The van der Waals surface area contributed by atoms with Gasteiger partial charge in [-0.2, -0.15) is 4.98 Å². The smallest absolute Gasteiger partial charge is 0.270 e. The van der Waals surface area contributed by atoms with Crippen LogP contribution in [0.25, 0.3) is 22.5 Å². The summed E-state index contributed by atoms with van der Waals surface area (Å²) in [5.41, 5.74) is 4.52. The van der Waals surface area contributed by atoms with Crippen LogP contribution < -0.4 is 10.9 Å². The number of nitrogens with one attached hydrogen (secondary N) is 1. The number of imidazole rings is 1. The molecule has 6 rings (SSSR count). The lowest BCUT2D eigenvalue weighted by molar-refractivity contribution is 0.686. The summed E-state index contributed by atoms with van der Waals surface area (Å²) in [4.78, 5) is 26.8. The van der Waals surface area contributed by atoms with Crippen molar-refractivity contribution in [1.29, 1.82) is 0 Å². The Kier molecular flexibility index (Phi) is 4.43. The van der Waals surface area contributed by atoms with Gasteiger partial charge in [-0.3, -0.25) is 9.20 Å². The van der Waals surface area contributed by atoms with E-state index in [0.29, 0.717) is 33.5 Å². The van der Waals surface area contributed by atoms with E-state index in [0.717, 1.165) is 18.5 Å². The molecule has 7 nitrogen and oxygen atoms in total. The SMILES string of the molecule is O=c1c2cnc(Nc3ccc4c(c3)CCCC4)nc2n2ccnc2n1-c1ccccc1Cl. The summed E-state index contributed by atoms with van der Waals surface area (Å²) >= 11 is 6.38. The molecule has 158 valence electrons. The van der Waals surface area contributed by atoms with Crippen LogP contribution in [0.5, 0.6) is 0 Å². The van der Waals surface area contributed by atoms with E-state index in [4.69, 9.17) is 11.6 Å². The van der Waals surface area contributed by atoms with Crippen LogP contribution >= 0.6 is 11.6 Å². The molecule has 0 fully saturated rings. The molecule has 5 aromatic rings. The molecule has 0 bridgehead atoms. The molecule has 8 heteroatoms. The Bertz CT molecular complexity index is 1550. The minimum Gasteiger partial charge on any atom is -0.324 e. The van der Waals surface area contributed by atoms with Gasteiger partial charge < -0.3 is 5.32 Å². The van der Waals surface area contributed by atoms with Gasteiger partial charge in [0.25, 0.3) is 5.56 Å². The third kappa shape index (κ3) is 3.05. The van der Waals surface area contributed by atoms with E-state index in [1.165, 1.54) is 28.5 Å². The van der Waals surface area contributed by atoms with Gasteiger partial charge in [0.05, 0.1) is 10.7 Å². The highest BCUT2D eigenvalue weighted by Crippen LogP contribution is 2.26. The van der Waals surface area contributed by atoms with Crippen molar-refractivity contribution in [2.45, 2.75) is 25.7 Å². The first kappa shape index (κ1) is 19.0. The summed E-state index contributed by atoms with van der Waals surface area (Å²) in [6, 6.07) is 13.6. The van der Waals surface area contributed by atoms with Crippen molar-refractivity contribution >= 4 is 40.0 Å². The summed E-state index contributed by atoms with van der Waals surface area (Å²) in [5.74, 6) is 0.868. The maximum absolute atomic E-state index is 13.4. The lowest BCUT2D eigenvalue weighted by atomic mass is 9.91. The number of fused-ring (bicyclic) bond motifs is 4. The number of rotatable bonds is 3. The normalized spacial score (nSPS) is 13.4. The molecule has 0 amide bonds. The number of para-hydroxylation sites is 1. The molecule has 0 spiro atoms. The van der Waals surface area contributed by atoms with Crippen LogP contribution in [0.2, 0.25) is 5.02 Å². The van der Waals surface area contributed by atoms with Crippen molar-refractivity contribution < 1.29 is 0 Å². The van der Waals surface area contributed by atoms with Gasteiger partial charge in [0, 0.05) is 24.3 Å². The Morgan fingerprint density at radius 3 is 2.72 bits per heavy atom. The molecule has 3 heterocycles. The summed E-state index contributed by atoms with van der Waals surface area (Å²) in [6.07, 6.45) is 9.68. The van der Waals surface area contributed by atoms with Crippen LogP contribution in [-0.4, -0.2) is 23.9 Å². The zero-order valence-electron chi connectivity index (χ0n) is 17.1. The van der Waals surface area contributed by atoms with Crippen LogP contribution in [0, 0.1) is 0 Å². The molecule has 1 aliphatic carbocycles. The molecule has 1 aliphatic rings. The Morgan fingerprint density at radius 1 is 1.00 bits per heavy atom. The molecule has 0 aliphatic heterocycles. The number of nitrogens with zero attached hydrogens (tertiary/aromatic N) is 5. The van der Waals surface area contributed by atoms with E-state index in [1.807, 2.05) is 12.1 Å².